The van der Waals surface area contributed by atoms with Crippen LogP contribution in [0.1, 0.15) is 10.4 Å². The Morgan fingerprint density at radius 1 is 1.10 bits per heavy atom. The number of aromatic hydroxyl groups is 1. The molecule has 0 bridgehead atoms. The van der Waals surface area contributed by atoms with Crippen molar-refractivity contribution in [3.05, 3.63) is 79.1 Å². The zero-order valence-electron chi connectivity index (χ0n) is 15.2. The highest BCUT2D eigenvalue weighted by molar-refractivity contribution is 7.89. The average Bonchev–Trinajstić information content (AvgIpc) is 2.73. The Balaban J connectivity index is 1.69. The van der Waals surface area contributed by atoms with Gasteiger partial charge in [-0.2, -0.15) is 0 Å². The van der Waals surface area contributed by atoms with E-state index in [1.54, 1.807) is 18.2 Å². The Morgan fingerprint density at radius 2 is 1.79 bits per heavy atom. The summed E-state index contributed by atoms with van der Waals surface area (Å²) in [7, 11) is -3.65. The summed E-state index contributed by atoms with van der Waals surface area (Å²) in [6.45, 7) is 3.57. The predicted octanol–water partition coefficient (Wildman–Crippen LogP) is 2.57. The third-order valence-corrected chi connectivity index (χ3v) is 5.30. The normalized spacial score (nSPS) is 11.0. The molecule has 2 aromatic carbocycles. The quantitative estimate of drug-likeness (QED) is 0.515. The van der Waals surface area contributed by atoms with Crippen LogP contribution in [0.3, 0.4) is 0 Å². The number of carbonyl (C=O) groups excluding carboxylic acids is 1. The van der Waals surface area contributed by atoms with Crippen molar-refractivity contribution in [3.63, 3.8) is 0 Å². The molecule has 0 unspecified atom stereocenters. The van der Waals surface area contributed by atoms with Crippen LogP contribution in [0.5, 0.6) is 5.75 Å². The summed E-state index contributed by atoms with van der Waals surface area (Å²) in [6, 6.07) is 12.0. The van der Waals surface area contributed by atoms with Crippen molar-refractivity contribution >= 4 is 21.6 Å². The average molecular weight is 410 g/mol. The molecule has 0 radical (unpaired) electrons. The summed E-state index contributed by atoms with van der Waals surface area (Å²) in [4.78, 5) is 20.8. The van der Waals surface area contributed by atoms with Gasteiger partial charge in [0, 0.05) is 17.7 Å². The molecule has 9 heteroatoms. The van der Waals surface area contributed by atoms with E-state index in [1.807, 2.05) is 0 Å². The van der Waals surface area contributed by atoms with Crippen LogP contribution in [0.4, 0.5) is 5.69 Å². The lowest BCUT2D eigenvalue weighted by Gasteiger charge is -2.08. The molecule has 1 heterocycles. The van der Waals surface area contributed by atoms with Gasteiger partial charge in [-0.3, -0.25) is 4.79 Å². The molecule has 0 aliphatic carbocycles. The molecular formula is C20H18N4O4S. The van der Waals surface area contributed by atoms with Crippen molar-refractivity contribution in [2.45, 2.75) is 4.90 Å². The molecule has 0 saturated heterocycles. The molecular weight excluding hydrogens is 392 g/mol. The topological polar surface area (TPSA) is 121 Å². The van der Waals surface area contributed by atoms with Crippen molar-refractivity contribution in [1.82, 2.24) is 14.7 Å². The van der Waals surface area contributed by atoms with Crippen LogP contribution in [0, 0.1) is 0 Å². The fraction of sp³-hybridized carbons (Fsp3) is 0.0500. The van der Waals surface area contributed by atoms with Gasteiger partial charge in [0.15, 0.2) is 5.82 Å². The SMILES string of the molecule is C=CCNS(=O)(=O)c1ccc(C(=O)Nc2cnc(-c3cccc(O)c3)nc2)cc1. The minimum atomic E-state index is -3.65. The van der Waals surface area contributed by atoms with Crippen LogP contribution in [-0.2, 0) is 10.0 Å². The minimum absolute atomic E-state index is 0.0506. The molecule has 29 heavy (non-hydrogen) atoms. The summed E-state index contributed by atoms with van der Waals surface area (Å²) in [5, 5.41) is 12.2. The molecule has 0 aliphatic heterocycles. The van der Waals surface area contributed by atoms with Gasteiger partial charge in [0.25, 0.3) is 5.91 Å². The van der Waals surface area contributed by atoms with E-state index in [-0.39, 0.29) is 22.8 Å². The first-order chi connectivity index (χ1) is 13.9. The number of nitrogens with zero attached hydrogens (tertiary/aromatic N) is 2. The van der Waals surface area contributed by atoms with Crippen LogP contribution >= 0.6 is 0 Å². The molecule has 3 N–H and O–H groups in total. The standard InChI is InChI=1S/C20H18N4O4S/c1-2-10-23-29(27,28)18-8-6-14(7-9-18)20(26)24-16-12-21-19(22-13-16)15-4-3-5-17(25)11-15/h2-9,11-13,23,25H,1,10H2,(H,24,26). The second-order valence-corrected chi connectivity index (χ2v) is 7.73. The van der Waals surface area contributed by atoms with Gasteiger partial charge in [-0.15, -0.1) is 6.58 Å². The molecule has 0 saturated carbocycles. The van der Waals surface area contributed by atoms with Crippen molar-refractivity contribution < 1.29 is 18.3 Å². The fourth-order valence-corrected chi connectivity index (χ4v) is 3.43. The number of hydrogen-bond donors (Lipinski definition) is 3. The summed E-state index contributed by atoms with van der Waals surface area (Å²) in [5.41, 5.74) is 1.30. The molecule has 148 valence electrons. The van der Waals surface area contributed by atoms with E-state index < -0.39 is 15.9 Å². The molecule has 1 amide bonds. The maximum Gasteiger partial charge on any atom is 0.255 e. The molecule has 0 spiro atoms. The Labute approximate surface area is 168 Å². The van der Waals surface area contributed by atoms with E-state index in [2.05, 4.69) is 26.6 Å². The van der Waals surface area contributed by atoms with Crippen LogP contribution in [0.25, 0.3) is 11.4 Å². The van der Waals surface area contributed by atoms with E-state index >= 15 is 0 Å². The number of nitrogens with one attached hydrogen (secondary N) is 2. The molecule has 0 aliphatic rings. The Morgan fingerprint density at radius 3 is 2.41 bits per heavy atom. The van der Waals surface area contributed by atoms with Gasteiger partial charge in [-0.25, -0.2) is 23.1 Å². The Kier molecular flexibility index (Phi) is 6.01. The van der Waals surface area contributed by atoms with Gasteiger partial charge in [0.1, 0.15) is 5.75 Å². The third kappa shape index (κ3) is 5.03. The van der Waals surface area contributed by atoms with Gasteiger partial charge < -0.3 is 10.4 Å². The Hall–Kier alpha value is -3.56. The fourth-order valence-electron chi connectivity index (χ4n) is 2.43. The van der Waals surface area contributed by atoms with E-state index in [0.717, 1.165) is 0 Å². The molecule has 3 rings (SSSR count). The van der Waals surface area contributed by atoms with E-state index in [9.17, 15) is 18.3 Å². The molecule has 0 atom stereocenters. The first-order valence-electron chi connectivity index (χ1n) is 8.52. The largest absolute Gasteiger partial charge is 0.508 e. The number of benzene rings is 2. The summed E-state index contributed by atoms with van der Waals surface area (Å²) >= 11 is 0. The third-order valence-electron chi connectivity index (χ3n) is 3.86. The number of carbonyl (C=O) groups is 1. The molecule has 0 fully saturated rings. The number of phenolic OH excluding ortho intramolecular Hbond substituents is 1. The zero-order chi connectivity index (χ0) is 20.9. The number of phenols is 1. The van der Waals surface area contributed by atoms with Gasteiger partial charge >= 0.3 is 0 Å². The second-order valence-electron chi connectivity index (χ2n) is 5.96. The number of aromatic nitrogens is 2. The van der Waals surface area contributed by atoms with Crippen molar-refractivity contribution in [2.75, 3.05) is 11.9 Å². The van der Waals surface area contributed by atoms with Crippen LogP contribution < -0.4 is 10.0 Å². The number of hydrogen-bond acceptors (Lipinski definition) is 6. The van der Waals surface area contributed by atoms with E-state index in [1.165, 1.54) is 48.8 Å². The summed E-state index contributed by atoms with van der Waals surface area (Å²) in [5.74, 6) is 0.0795. The zero-order valence-corrected chi connectivity index (χ0v) is 16.1. The first-order valence-corrected chi connectivity index (χ1v) is 10.0. The first kappa shape index (κ1) is 20.2. The van der Waals surface area contributed by atoms with Crippen LogP contribution in [-0.4, -0.2) is 35.9 Å². The second kappa shape index (κ2) is 8.63. The lowest BCUT2D eigenvalue weighted by Crippen LogP contribution is -2.23. The van der Waals surface area contributed by atoms with Crippen molar-refractivity contribution in [1.29, 1.82) is 0 Å². The number of amides is 1. The number of rotatable bonds is 7. The lowest BCUT2D eigenvalue weighted by molar-refractivity contribution is 0.102. The maximum atomic E-state index is 12.4. The lowest BCUT2D eigenvalue weighted by atomic mass is 10.2. The van der Waals surface area contributed by atoms with Gasteiger partial charge in [-0.05, 0) is 36.4 Å². The molecule has 8 nitrogen and oxygen atoms in total. The summed E-state index contributed by atoms with van der Waals surface area (Å²) in [6.07, 6.45) is 4.33. The van der Waals surface area contributed by atoms with E-state index in [0.29, 0.717) is 17.1 Å². The van der Waals surface area contributed by atoms with Gasteiger partial charge in [0.2, 0.25) is 10.0 Å². The monoisotopic (exact) mass is 410 g/mol. The van der Waals surface area contributed by atoms with Crippen LogP contribution in [0.2, 0.25) is 0 Å². The number of anilines is 1. The Bertz CT molecular complexity index is 1130. The highest BCUT2D eigenvalue weighted by Crippen LogP contribution is 2.20. The molecule has 3 aromatic rings. The van der Waals surface area contributed by atoms with Gasteiger partial charge in [-0.1, -0.05) is 18.2 Å². The maximum absolute atomic E-state index is 12.4. The number of sulfonamides is 1. The van der Waals surface area contributed by atoms with Crippen molar-refractivity contribution in [3.8, 4) is 17.1 Å². The molecule has 1 aromatic heterocycles. The summed E-state index contributed by atoms with van der Waals surface area (Å²) < 4.78 is 26.4. The smallest absolute Gasteiger partial charge is 0.255 e. The highest BCUT2D eigenvalue weighted by atomic mass is 32.2. The van der Waals surface area contributed by atoms with Crippen LogP contribution in [0.15, 0.2) is 78.5 Å². The highest BCUT2D eigenvalue weighted by Gasteiger charge is 2.14. The van der Waals surface area contributed by atoms with Crippen molar-refractivity contribution in [2.24, 2.45) is 0 Å². The van der Waals surface area contributed by atoms with Gasteiger partial charge in [0.05, 0.1) is 23.0 Å². The minimum Gasteiger partial charge on any atom is -0.508 e. The predicted molar refractivity (Wildman–Crippen MR) is 109 cm³/mol. The van der Waals surface area contributed by atoms with E-state index in [4.69, 9.17) is 0 Å².